The van der Waals surface area contributed by atoms with Gasteiger partial charge in [-0.2, -0.15) is 0 Å². The molecule has 1 aliphatic heterocycles. The fourth-order valence-corrected chi connectivity index (χ4v) is 1.54. The van der Waals surface area contributed by atoms with Crippen LogP contribution in [0.25, 0.3) is 0 Å². The number of benzene rings is 1. The third kappa shape index (κ3) is 3.05. The number of rotatable bonds is 3. The number of carbonyl (C=O) groups is 1. The minimum Gasteiger partial charge on any atom is -0.486 e. The highest BCUT2D eigenvalue weighted by atomic mass is 35.5. The lowest BCUT2D eigenvalue weighted by Crippen LogP contribution is -2.27. The van der Waals surface area contributed by atoms with Crippen LogP contribution in [0.1, 0.15) is 6.92 Å². The molecule has 1 unspecified atom stereocenters. The number of amides is 1. The zero-order chi connectivity index (χ0) is 12.3. The topological polar surface area (TPSA) is 73.6 Å². The standard InChI is InChI=1S/C12H16N2O3.ClH/c1-8(7-13)12(15)14-9-3-2-4-10-11(9)17-6-5-16-10;/h2-4,8H,5-7,13H2,1H3,(H,14,15);1H. The van der Waals surface area contributed by atoms with E-state index >= 15 is 0 Å². The predicted molar refractivity (Wildman–Crippen MR) is 71.5 cm³/mol. The maximum atomic E-state index is 11.7. The molecule has 5 nitrogen and oxygen atoms in total. The predicted octanol–water partition coefficient (Wildman–Crippen LogP) is 1.41. The first-order chi connectivity index (χ1) is 8.22. The Hall–Kier alpha value is -1.46. The fraction of sp³-hybridized carbons (Fsp3) is 0.417. The molecular weight excluding hydrogens is 256 g/mol. The number of nitrogens with one attached hydrogen (secondary N) is 1. The Morgan fingerprint density at radius 1 is 1.44 bits per heavy atom. The van der Waals surface area contributed by atoms with Crippen LogP contribution in [0.5, 0.6) is 11.5 Å². The van der Waals surface area contributed by atoms with Crippen molar-refractivity contribution in [2.45, 2.75) is 6.92 Å². The number of carbonyl (C=O) groups excluding carboxylic acids is 1. The number of ether oxygens (including phenoxy) is 2. The summed E-state index contributed by atoms with van der Waals surface area (Å²) in [5, 5.41) is 2.80. The van der Waals surface area contributed by atoms with Crippen molar-refractivity contribution in [3.8, 4) is 11.5 Å². The third-order valence-corrected chi connectivity index (χ3v) is 2.63. The molecule has 0 spiro atoms. The Morgan fingerprint density at radius 3 is 2.89 bits per heavy atom. The van der Waals surface area contributed by atoms with E-state index in [4.69, 9.17) is 15.2 Å². The number of hydrogen-bond donors (Lipinski definition) is 2. The van der Waals surface area contributed by atoms with Gasteiger partial charge in [0.05, 0.1) is 5.69 Å². The number of halogens is 1. The lowest BCUT2D eigenvalue weighted by atomic mass is 10.1. The average molecular weight is 273 g/mol. The van der Waals surface area contributed by atoms with Gasteiger partial charge in [-0.1, -0.05) is 13.0 Å². The molecule has 0 radical (unpaired) electrons. The first-order valence-corrected chi connectivity index (χ1v) is 5.62. The van der Waals surface area contributed by atoms with Crippen molar-refractivity contribution in [1.82, 2.24) is 0 Å². The summed E-state index contributed by atoms with van der Waals surface area (Å²) in [6, 6.07) is 5.42. The van der Waals surface area contributed by atoms with Crippen molar-refractivity contribution in [2.75, 3.05) is 25.1 Å². The van der Waals surface area contributed by atoms with Gasteiger partial charge in [-0.25, -0.2) is 0 Å². The van der Waals surface area contributed by atoms with E-state index in [2.05, 4.69) is 5.32 Å². The van der Waals surface area contributed by atoms with Crippen LogP contribution >= 0.6 is 12.4 Å². The molecule has 1 amide bonds. The zero-order valence-corrected chi connectivity index (χ0v) is 11.0. The van der Waals surface area contributed by atoms with Gasteiger partial charge in [0, 0.05) is 12.5 Å². The largest absolute Gasteiger partial charge is 0.486 e. The molecular formula is C12H17ClN2O3. The van der Waals surface area contributed by atoms with Crippen molar-refractivity contribution in [3.63, 3.8) is 0 Å². The van der Waals surface area contributed by atoms with Gasteiger partial charge in [-0.05, 0) is 12.1 Å². The zero-order valence-electron chi connectivity index (χ0n) is 10.1. The molecule has 1 aliphatic rings. The molecule has 1 aromatic rings. The third-order valence-electron chi connectivity index (χ3n) is 2.63. The Balaban J connectivity index is 0.00000162. The van der Waals surface area contributed by atoms with Crippen LogP contribution in [0.3, 0.4) is 0 Å². The molecule has 0 aliphatic carbocycles. The molecule has 0 saturated carbocycles. The number of nitrogens with two attached hydrogens (primary N) is 1. The smallest absolute Gasteiger partial charge is 0.228 e. The van der Waals surface area contributed by atoms with Crippen molar-refractivity contribution < 1.29 is 14.3 Å². The van der Waals surface area contributed by atoms with Gasteiger partial charge < -0.3 is 20.5 Å². The van der Waals surface area contributed by atoms with Crippen LogP contribution in [-0.4, -0.2) is 25.7 Å². The molecule has 0 bridgehead atoms. The van der Waals surface area contributed by atoms with Gasteiger partial charge in [0.1, 0.15) is 13.2 Å². The SMILES string of the molecule is CC(CN)C(=O)Nc1cccc2c1OCCO2.Cl. The molecule has 1 atom stereocenters. The lowest BCUT2D eigenvalue weighted by Gasteiger charge is -2.21. The Bertz CT molecular complexity index is 426. The van der Waals surface area contributed by atoms with E-state index in [9.17, 15) is 4.79 Å². The summed E-state index contributed by atoms with van der Waals surface area (Å²) in [4.78, 5) is 11.7. The summed E-state index contributed by atoms with van der Waals surface area (Å²) in [6.45, 7) is 3.12. The number of fused-ring (bicyclic) bond motifs is 1. The summed E-state index contributed by atoms with van der Waals surface area (Å²) >= 11 is 0. The highest BCUT2D eigenvalue weighted by Gasteiger charge is 2.18. The van der Waals surface area contributed by atoms with Gasteiger partial charge >= 0.3 is 0 Å². The van der Waals surface area contributed by atoms with Gasteiger partial charge in [-0.3, -0.25) is 4.79 Å². The van der Waals surface area contributed by atoms with E-state index in [1.165, 1.54) is 0 Å². The van der Waals surface area contributed by atoms with Crippen LogP contribution in [0.2, 0.25) is 0 Å². The highest BCUT2D eigenvalue weighted by molar-refractivity contribution is 5.94. The highest BCUT2D eigenvalue weighted by Crippen LogP contribution is 2.37. The summed E-state index contributed by atoms with van der Waals surface area (Å²) in [5.74, 6) is 0.913. The van der Waals surface area contributed by atoms with Gasteiger partial charge in [-0.15, -0.1) is 12.4 Å². The van der Waals surface area contributed by atoms with Crippen LogP contribution in [-0.2, 0) is 4.79 Å². The number of hydrogen-bond acceptors (Lipinski definition) is 4. The first kappa shape index (κ1) is 14.6. The quantitative estimate of drug-likeness (QED) is 0.873. The van der Waals surface area contributed by atoms with Gasteiger partial charge in [0.2, 0.25) is 5.91 Å². The molecule has 2 rings (SSSR count). The number of anilines is 1. The molecule has 3 N–H and O–H groups in total. The van der Waals surface area contributed by atoms with Crippen LogP contribution in [0.4, 0.5) is 5.69 Å². The Morgan fingerprint density at radius 2 is 2.17 bits per heavy atom. The van der Waals surface area contributed by atoms with E-state index in [1.807, 2.05) is 12.1 Å². The normalized spacial score (nSPS) is 14.3. The minimum absolute atomic E-state index is 0. The summed E-state index contributed by atoms with van der Waals surface area (Å²) in [5.41, 5.74) is 6.08. The molecule has 0 saturated heterocycles. The van der Waals surface area contributed by atoms with E-state index < -0.39 is 0 Å². The molecule has 6 heteroatoms. The van der Waals surface area contributed by atoms with Crippen molar-refractivity contribution in [1.29, 1.82) is 0 Å². The monoisotopic (exact) mass is 272 g/mol. The molecule has 0 aromatic heterocycles. The second kappa shape index (κ2) is 6.47. The number of para-hydroxylation sites is 1. The molecule has 1 aromatic carbocycles. The van der Waals surface area contributed by atoms with E-state index in [-0.39, 0.29) is 24.2 Å². The molecule has 1 heterocycles. The molecule has 100 valence electrons. The van der Waals surface area contributed by atoms with Crippen LogP contribution in [0, 0.1) is 5.92 Å². The van der Waals surface area contributed by atoms with Crippen LogP contribution < -0.4 is 20.5 Å². The van der Waals surface area contributed by atoms with Crippen molar-refractivity contribution >= 4 is 24.0 Å². The maximum Gasteiger partial charge on any atom is 0.228 e. The maximum absolute atomic E-state index is 11.7. The van der Waals surface area contributed by atoms with Crippen molar-refractivity contribution in [2.24, 2.45) is 11.7 Å². The van der Waals surface area contributed by atoms with Gasteiger partial charge in [0.25, 0.3) is 0 Å². The summed E-state index contributed by atoms with van der Waals surface area (Å²) in [7, 11) is 0. The van der Waals surface area contributed by atoms with E-state index in [0.717, 1.165) is 0 Å². The minimum atomic E-state index is -0.227. The molecule has 18 heavy (non-hydrogen) atoms. The molecule has 0 fully saturated rings. The second-order valence-electron chi connectivity index (χ2n) is 3.96. The van der Waals surface area contributed by atoms with Crippen LogP contribution in [0.15, 0.2) is 18.2 Å². The Kier molecular flexibility index (Phi) is 5.25. The fourth-order valence-electron chi connectivity index (χ4n) is 1.54. The van der Waals surface area contributed by atoms with Crippen molar-refractivity contribution in [3.05, 3.63) is 18.2 Å². The Labute approximate surface area is 112 Å². The summed E-state index contributed by atoms with van der Waals surface area (Å²) < 4.78 is 10.9. The summed E-state index contributed by atoms with van der Waals surface area (Å²) in [6.07, 6.45) is 0. The van der Waals surface area contributed by atoms with E-state index in [0.29, 0.717) is 36.9 Å². The first-order valence-electron chi connectivity index (χ1n) is 5.62. The lowest BCUT2D eigenvalue weighted by molar-refractivity contribution is -0.119. The second-order valence-corrected chi connectivity index (χ2v) is 3.96. The average Bonchev–Trinajstić information content (AvgIpc) is 2.38. The van der Waals surface area contributed by atoms with Gasteiger partial charge in [0.15, 0.2) is 11.5 Å². The van der Waals surface area contributed by atoms with E-state index in [1.54, 1.807) is 13.0 Å².